The molecular weight excluding hydrogens is 611 g/mol. The van der Waals surface area contributed by atoms with Gasteiger partial charge in [0.1, 0.15) is 23.1 Å². The van der Waals surface area contributed by atoms with Crippen molar-refractivity contribution in [3.8, 4) is 50.3 Å². The summed E-state index contributed by atoms with van der Waals surface area (Å²) < 4.78 is 192. The normalized spacial score (nSPS) is 17.5. The van der Waals surface area contributed by atoms with Crippen LogP contribution in [0.15, 0.2) is 180 Å². The van der Waals surface area contributed by atoms with Crippen molar-refractivity contribution in [1.29, 1.82) is 0 Å². The lowest BCUT2D eigenvalue weighted by atomic mass is 9.96. The zero-order chi connectivity index (χ0) is 51.3. The first-order valence-corrected chi connectivity index (χ1v) is 15.1. The summed E-state index contributed by atoms with van der Waals surface area (Å²) in [4.78, 5) is 8.80. The zero-order valence-electron chi connectivity index (χ0n) is 46.4. The van der Waals surface area contributed by atoms with Crippen LogP contribution in [0.2, 0.25) is 0 Å². The molecule has 0 N–H and O–H groups in total. The average Bonchev–Trinajstić information content (AvgIpc) is 3.90. The molecule has 0 spiro atoms. The molecule has 10 aromatic rings. The van der Waals surface area contributed by atoms with Crippen LogP contribution in [0.1, 0.15) is 28.8 Å². The molecule has 3 heterocycles. The Kier molecular flexibility index (Phi) is 3.29. The second-order valence-electron chi connectivity index (χ2n) is 11.0. The van der Waals surface area contributed by atoms with Crippen molar-refractivity contribution in [3.63, 3.8) is 0 Å². The van der Waals surface area contributed by atoms with Gasteiger partial charge in [0.05, 0.1) is 39.8 Å². The summed E-state index contributed by atoms with van der Waals surface area (Å²) in [6, 6.07) is -3.38. The molecule has 50 heavy (non-hydrogen) atoms. The van der Waals surface area contributed by atoms with Gasteiger partial charge in [0, 0.05) is 27.4 Å². The fraction of sp³-hybridized carbons (Fsp3) is 0. The standard InChI is InChI=1S/C46H29N3O/c1-2-10-30(11-3-1)31-20-22-32(23-21-31)33-12-8-13-34(26-33)35-24-25-43-40(28-35)45-46(50-43)44(47-29-48-45)36-14-9-15-37(27-36)49-41-18-6-4-16-38(41)39-17-5-7-19-42(39)49/h1-29H/i1D,2D,3D,4D,6D,8D,9D,10D,11D,12D,13D,14D,15D,16D,18D,20D,21D,22D,23D,26D,27D. The largest absolute Gasteiger partial charge is 0.452 e. The third kappa shape index (κ3) is 4.61. The molecule has 0 unspecified atom stereocenters. The first-order chi connectivity index (χ1) is 33.5. The first kappa shape index (κ1) is 14.4. The highest BCUT2D eigenvalue weighted by molar-refractivity contribution is 6.10. The molecule has 4 heteroatoms. The number of fused-ring (bicyclic) bond motifs is 6. The fourth-order valence-corrected chi connectivity index (χ4v) is 5.93. The van der Waals surface area contributed by atoms with E-state index in [1.807, 2.05) is 0 Å². The van der Waals surface area contributed by atoms with Crippen molar-refractivity contribution in [1.82, 2.24) is 14.5 Å². The molecule has 7 aromatic carbocycles. The lowest BCUT2D eigenvalue weighted by molar-refractivity contribution is 0.667. The molecule has 0 aliphatic carbocycles. The van der Waals surface area contributed by atoms with Gasteiger partial charge in [0.25, 0.3) is 0 Å². The summed E-state index contributed by atoms with van der Waals surface area (Å²) in [5.41, 5.74) is -2.97. The Morgan fingerprint density at radius 1 is 0.500 bits per heavy atom. The van der Waals surface area contributed by atoms with Crippen molar-refractivity contribution in [3.05, 3.63) is 176 Å². The van der Waals surface area contributed by atoms with Crippen LogP contribution >= 0.6 is 0 Å². The monoisotopic (exact) mass is 660 g/mol. The highest BCUT2D eigenvalue weighted by Crippen LogP contribution is 2.38. The molecule has 10 rings (SSSR count). The van der Waals surface area contributed by atoms with E-state index in [4.69, 9.17) is 30.5 Å². The fourth-order valence-electron chi connectivity index (χ4n) is 5.93. The van der Waals surface area contributed by atoms with Gasteiger partial charge in [-0.1, -0.05) is 127 Å². The van der Waals surface area contributed by atoms with E-state index in [1.54, 1.807) is 24.3 Å². The third-order valence-corrected chi connectivity index (χ3v) is 8.17. The molecule has 0 saturated heterocycles. The van der Waals surface area contributed by atoms with Gasteiger partial charge in [-0.25, -0.2) is 9.97 Å². The van der Waals surface area contributed by atoms with Crippen LogP contribution in [0.4, 0.5) is 0 Å². The third-order valence-electron chi connectivity index (χ3n) is 8.17. The minimum atomic E-state index is -0.847. The SMILES string of the molecule is [2H]c1c([2H])c([2H])c(-c2c([2H])c([2H])c(-c3c([2H])c([2H])c([2H])c(-c4ccc5oc6c(-c7c([2H])c([2H])c([2H])c(-n8c9ccccc9c9c([2H])c([2H])c([2H])c([2H])c98)c7[2H])ncnc6c5c4)c3[2H])c([2H])c2[2H])c([2H])c1[2H]. The lowest BCUT2D eigenvalue weighted by Crippen LogP contribution is -1.95. The quantitative estimate of drug-likeness (QED) is 0.184. The number of aromatic nitrogens is 3. The average molecular weight is 661 g/mol. The number of rotatable bonds is 5. The van der Waals surface area contributed by atoms with Gasteiger partial charge in [-0.3, -0.25) is 0 Å². The molecule has 0 radical (unpaired) electrons. The first-order valence-electron chi connectivity index (χ1n) is 25.6. The molecule has 4 nitrogen and oxygen atoms in total. The van der Waals surface area contributed by atoms with E-state index in [0.717, 1.165) is 6.33 Å². The number of furan rings is 1. The van der Waals surface area contributed by atoms with Gasteiger partial charge < -0.3 is 8.98 Å². The summed E-state index contributed by atoms with van der Waals surface area (Å²) in [7, 11) is 0. The second kappa shape index (κ2) is 11.4. The van der Waals surface area contributed by atoms with Crippen molar-refractivity contribution in [2.45, 2.75) is 0 Å². The maximum atomic E-state index is 9.59. The van der Waals surface area contributed by atoms with E-state index in [0.29, 0.717) is 10.9 Å². The molecule has 0 fully saturated rings. The van der Waals surface area contributed by atoms with E-state index >= 15 is 0 Å². The van der Waals surface area contributed by atoms with E-state index in [1.165, 1.54) is 22.8 Å². The molecular formula is C46H29N3O. The number of para-hydroxylation sites is 2. The molecule has 0 aliphatic rings. The summed E-state index contributed by atoms with van der Waals surface area (Å²) in [5, 5.41) is 0.720. The Hall–Kier alpha value is -6.78. The van der Waals surface area contributed by atoms with Gasteiger partial charge in [-0.05, 0) is 75.7 Å². The van der Waals surface area contributed by atoms with E-state index < -0.39 is 143 Å². The summed E-state index contributed by atoms with van der Waals surface area (Å²) >= 11 is 0. The van der Waals surface area contributed by atoms with Crippen LogP contribution < -0.4 is 0 Å². The Morgan fingerprint density at radius 3 is 2.08 bits per heavy atom. The van der Waals surface area contributed by atoms with Gasteiger partial charge >= 0.3 is 0 Å². The Balaban J connectivity index is 1.18. The summed E-state index contributed by atoms with van der Waals surface area (Å²) in [6.07, 6.45) is 1.10. The smallest absolute Gasteiger partial charge is 0.180 e. The molecule has 0 saturated carbocycles. The zero-order valence-corrected chi connectivity index (χ0v) is 25.4. The van der Waals surface area contributed by atoms with Crippen LogP contribution in [0, 0.1) is 0 Å². The molecule has 0 amide bonds. The molecule has 0 atom stereocenters. The Labute approximate surface area is 318 Å². The predicted molar refractivity (Wildman–Crippen MR) is 205 cm³/mol. The highest BCUT2D eigenvalue weighted by Gasteiger charge is 2.18. The maximum Gasteiger partial charge on any atom is 0.180 e. The summed E-state index contributed by atoms with van der Waals surface area (Å²) in [5.74, 6) is 0. The van der Waals surface area contributed by atoms with E-state index in [-0.39, 0.29) is 67.1 Å². The minimum Gasteiger partial charge on any atom is -0.452 e. The van der Waals surface area contributed by atoms with Crippen LogP contribution in [0.25, 0.3) is 94.2 Å². The van der Waals surface area contributed by atoms with E-state index in [2.05, 4.69) is 9.97 Å². The molecule has 0 bridgehead atoms. The molecule has 3 aromatic heterocycles. The second-order valence-corrected chi connectivity index (χ2v) is 11.0. The van der Waals surface area contributed by atoms with Crippen LogP contribution in [0.5, 0.6) is 0 Å². The van der Waals surface area contributed by atoms with E-state index in [9.17, 15) is 2.74 Å². The van der Waals surface area contributed by atoms with Crippen LogP contribution in [0.3, 0.4) is 0 Å². The highest BCUT2D eigenvalue weighted by atomic mass is 16.3. The van der Waals surface area contributed by atoms with Crippen LogP contribution in [-0.4, -0.2) is 14.5 Å². The summed E-state index contributed by atoms with van der Waals surface area (Å²) in [6.45, 7) is 0. The lowest BCUT2D eigenvalue weighted by Gasteiger charge is -2.10. The topological polar surface area (TPSA) is 43.9 Å². The molecule has 0 aliphatic heterocycles. The number of benzene rings is 7. The van der Waals surface area contributed by atoms with Crippen molar-refractivity contribution in [2.75, 3.05) is 0 Å². The van der Waals surface area contributed by atoms with Crippen LogP contribution in [-0.2, 0) is 0 Å². The van der Waals surface area contributed by atoms with Crippen molar-refractivity contribution in [2.24, 2.45) is 0 Å². The predicted octanol–water partition coefficient (Wildman–Crippen LogP) is 12.1. The van der Waals surface area contributed by atoms with Gasteiger partial charge in [-0.15, -0.1) is 0 Å². The van der Waals surface area contributed by atoms with Gasteiger partial charge in [-0.2, -0.15) is 0 Å². The van der Waals surface area contributed by atoms with Crippen molar-refractivity contribution < 1.29 is 33.2 Å². The number of hydrogen-bond donors (Lipinski definition) is 0. The van der Waals surface area contributed by atoms with Gasteiger partial charge in [0.2, 0.25) is 0 Å². The Morgan fingerprint density at radius 2 is 1.20 bits per heavy atom. The van der Waals surface area contributed by atoms with Gasteiger partial charge in [0.15, 0.2) is 5.58 Å². The number of nitrogens with zero attached hydrogens (tertiary/aromatic N) is 3. The number of hydrogen-bond acceptors (Lipinski definition) is 3. The molecule has 234 valence electrons. The Bertz CT molecular complexity index is 4030. The van der Waals surface area contributed by atoms with Crippen molar-refractivity contribution >= 4 is 43.9 Å². The minimum absolute atomic E-state index is 0.0603. The maximum absolute atomic E-state index is 9.59.